The van der Waals surface area contributed by atoms with Gasteiger partial charge in [0, 0.05) is 18.3 Å². The second-order valence-electron chi connectivity index (χ2n) is 4.89. The van der Waals surface area contributed by atoms with Gasteiger partial charge in [0.2, 0.25) is 0 Å². The van der Waals surface area contributed by atoms with E-state index in [1.54, 1.807) is 0 Å². The Bertz CT molecular complexity index is 268. The highest BCUT2D eigenvalue weighted by atomic mass is 16.5. The fraction of sp³-hybridized carbons (Fsp3) is 0.750. The maximum atomic E-state index is 10.8. The molecule has 0 aromatic heterocycles. The molecule has 0 aromatic carbocycles. The molecule has 0 bridgehead atoms. The fourth-order valence-corrected chi connectivity index (χ4v) is 2.16. The van der Waals surface area contributed by atoms with Crippen molar-refractivity contribution in [2.75, 3.05) is 6.61 Å². The molecule has 1 aliphatic carbocycles. The highest BCUT2D eigenvalue weighted by Crippen LogP contribution is 2.43. The Kier molecular flexibility index (Phi) is 3.55. The molecule has 0 radical (unpaired) electrons. The Hall–Kier alpha value is -0.830. The van der Waals surface area contributed by atoms with Gasteiger partial charge in [0.15, 0.2) is 0 Å². The summed E-state index contributed by atoms with van der Waals surface area (Å²) in [7, 11) is 0. The Balaban J connectivity index is 2.72. The molecule has 0 unspecified atom stereocenters. The fourth-order valence-electron chi connectivity index (χ4n) is 2.16. The van der Waals surface area contributed by atoms with E-state index in [1.807, 2.05) is 13.8 Å². The topological polar surface area (TPSA) is 46.5 Å². The first kappa shape index (κ1) is 12.2. The summed E-state index contributed by atoms with van der Waals surface area (Å²) < 4.78 is 5.02. The molecule has 0 spiro atoms. The van der Waals surface area contributed by atoms with Gasteiger partial charge in [-0.25, -0.2) is 0 Å². The van der Waals surface area contributed by atoms with Crippen molar-refractivity contribution in [2.24, 2.45) is 11.3 Å². The zero-order chi connectivity index (χ0) is 11.6. The molecule has 1 N–H and O–H groups in total. The van der Waals surface area contributed by atoms with Gasteiger partial charge in [-0.1, -0.05) is 26.0 Å². The van der Waals surface area contributed by atoms with Gasteiger partial charge in [-0.05, 0) is 12.8 Å². The maximum Gasteiger partial charge on any atom is 0.302 e. The van der Waals surface area contributed by atoms with E-state index in [-0.39, 0.29) is 23.4 Å². The predicted molar refractivity (Wildman–Crippen MR) is 58.3 cm³/mol. The minimum absolute atomic E-state index is 0.0603. The van der Waals surface area contributed by atoms with E-state index in [9.17, 15) is 9.90 Å². The van der Waals surface area contributed by atoms with E-state index < -0.39 is 0 Å². The standard InChI is InChI=1S/C12H20O3/c1-8-5-6-11(14)12(3,4)10(8)7-15-9(2)13/h10-11,14H,1,5-7H2,2-4H3/t10-,11+/m0/s1. The lowest BCUT2D eigenvalue weighted by atomic mass is 9.65. The molecule has 1 aliphatic rings. The summed E-state index contributed by atoms with van der Waals surface area (Å²) in [6.45, 7) is 9.72. The zero-order valence-corrected chi connectivity index (χ0v) is 9.75. The molecular weight excluding hydrogens is 192 g/mol. The molecule has 3 nitrogen and oxygen atoms in total. The summed E-state index contributed by atoms with van der Waals surface area (Å²) in [5, 5.41) is 9.91. The van der Waals surface area contributed by atoms with Crippen molar-refractivity contribution in [1.82, 2.24) is 0 Å². The van der Waals surface area contributed by atoms with E-state index in [0.29, 0.717) is 6.61 Å². The summed E-state index contributed by atoms with van der Waals surface area (Å²) in [5.41, 5.74) is 0.816. The predicted octanol–water partition coefficient (Wildman–Crippen LogP) is 1.90. The number of aliphatic hydroxyl groups is 1. The first-order valence-corrected chi connectivity index (χ1v) is 5.34. The molecule has 0 amide bonds. The number of esters is 1. The van der Waals surface area contributed by atoms with Crippen LogP contribution in [-0.4, -0.2) is 23.8 Å². The molecule has 0 saturated heterocycles. The average molecular weight is 212 g/mol. The van der Waals surface area contributed by atoms with E-state index in [2.05, 4.69) is 6.58 Å². The number of rotatable bonds is 2. The minimum Gasteiger partial charge on any atom is -0.465 e. The van der Waals surface area contributed by atoms with Crippen LogP contribution in [0.5, 0.6) is 0 Å². The minimum atomic E-state index is -0.344. The van der Waals surface area contributed by atoms with Crippen LogP contribution >= 0.6 is 0 Å². The van der Waals surface area contributed by atoms with Gasteiger partial charge in [0.05, 0.1) is 12.7 Å². The Morgan fingerprint density at radius 3 is 2.80 bits per heavy atom. The van der Waals surface area contributed by atoms with Crippen LogP contribution in [0, 0.1) is 11.3 Å². The molecule has 0 aliphatic heterocycles. The van der Waals surface area contributed by atoms with Gasteiger partial charge >= 0.3 is 5.97 Å². The molecule has 1 fully saturated rings. The van der Waals surface area contributed by atoms with Crippen LogP contribution in [-0.2, 0) is 9.53 Å². The first-order chi connectivity index (χ1) is 6.85. The van der Waals surface area contributed by atoms with Crippen LogP contribution in [0.3, 0.4) is 0 Å². The van der Waals surface area contributed by atoms with E-state index in [4.69, 9.17) is 4.74 Å². The molecule has 3 heteroatoms. The van der Waals surface area contributed by atoms with Crippen molar-refractivity contribution >= 4 is 5.97 Å². The number of aliphatic hydroxyl groups excluding tert-OH is 1. The van der Waals surface area contributed by atoms with Crippen LogP contribution in [0.25, 0.3) is 0 Å². The van der Waals surface area contributed by atoms with Gasteiger partial charge in [0.25, 0.3) is 0 Å². The molecule has 2 atom stereocenters. The number of ether oxygens (including phenoxy) is 1. The van der Waals surface area contributed by atoms with Crippen molar-refractivity contribution in [1.29, 1.82) is 0 Å². The molecular formula is C12H20O3. The van der Waals surface area contributed by atoms with Gasteiger partial charge < -0.3 is 9.84 Å². The number of hydrogen-bond donors (Lipinski definition) is 1. The smallest absolute Gasteiger partial charge is 0.302 e. The maximum absolute atomic E-state index is 10.8. The molecule has 1 saturated carbocycles. The zero-order valence-electron chi connectivity index (χ0n) is 9.75. The van der Waals surface area contributed by atoms with Crippen LogP contribution in [0.2, 0.25) is 0 Å². The van der Waals surface area contributed by atoms with Crippen LogP contribution in [0.1, 0.15) is 33.6 Å². The number of carbonyl (C=O) groups is 1. The number of carbonyl (C=O) groups excluding carboxylic acids is 1. The molecule has 15 heavy (non-hydrogen) atoms. The van der Waals surface area contributed by atoms with Gasteiger partial charge in [-0.2, -0.15) is 0 Å². The van der Waals surface area contributed by atoms with Crippen molar-refractivity contribution in [2.45, 2.75) is 39.7 Å². The van der Waals surface area contributed by atoms with Gasteiger partial charge in [-0.15, -0.1) is 0 Å². The highest BCUT2D eigenvalue weighted by Gasteiger charge is 2.41. The van der Waals surface area contributed by atoms with Gasteiger partial charge in [-0.3, -0.25) is 4.79 Å². The summed E-state index contributed by atoms with van der Waals surface area (Å²) in [6, 6.07) is 0. The van der Waals surface area contributed by atoms with Crippen molar-refractivity contribution < 1.29 is 14.6 Å². The quantitative estimate of drug-likeness (QED) is 0.561. The molecule has 0 heterocycles. The normalized spacial score (nSPS) is 30.0. The first-order valence-electron chi connectivity index (χ1n) is 5.34. The lowest BCUT2D eigenvalue weighted by molar-refractivity contribution is -0.144. The lowest BCUT2D eigenvalue weighted by Gasteiger charge is -2.43. The second kappa shape index (κ2) is 4.35. The monoisotopic (exact) mass is 212 g/mol. The second-order valence-corrected chi connectivity index (χ2v) is 4.89. The third-order valence-corrected chi connectivity index (χ3v) is 3.44. The van der Waals surface area contributed by atoms with Crippen molar-refractivity contribution in [3.63, 3.8) is 0 Å². The Labute approximate surface area is 91.1 Å². The summed E-state index contributed by atoms with van der Waals surface area (Å²) >= 11 is 0. The van der Waals surface area contributed by atoms with Gasteiger partial charge in [0.1, 0.15) is 0 Å². The summed E-state index contributed by atoms with van der Waals surface area (Å²) in [5.74, 6) is -0.219. The van der Waals surface area contributed by atoms with E-state index in [1.165, 1.54) is 6.92 Å². The Morgan fingerprint density at radius 2 is 2.27 bits per heavy atom. The average Bonchev–Trinajstić information content (AvgIpc) is 2.11. The van der Waals surface area contributed by atoms with E-state index in [0.717, 1.165) is 18.4 Å². The van der Waals surface area contributed by atoms with Crippen LogP contribution < -0.4 is 0 Å². The summed E-state index contributed by atoms with van der Waals surface area (Å²) in [4.78, 5) is 10.8. The molecule has 1 rings (SSSR count). The van der Waals surface area contributed by atoms with Crippen LogP contribution in [0.15, 0.2) is 12.2 Å². The largest absolute Gasteiger partial charge is 0.465 e. The van der Waals surface area contributed by atoms with E-state index >= 15 is 0 Å². The molecule has 0 aromatic rings. The van der Waals surface area contributed by atoms with Crippen molar-refractivity contribution in [3.8, 4) is 0 Å². The summed E-state index contributed by atoms with van der Waals surface area (Å²) in [6.07, 6.45) is 1.22. The van der Waals surface area contributed by atoms with Crippen LogP contribution in [0.4, 0.5) is 0 Å². The Morgan fingerprint density at radius 1 is 1.67 bits per heavy atom. The highest BCUT2D eigenvalue weighted by molar-refractivity contribution is 5.65. The lowest BCUT2D eigenvalue weighted by Crippen LogP contribution is -2.43. The SMILES string of the molecule is C=C1CC[C@@H](O)C(C)(C)[C@H]1COC(C)=O. The molecule has 86 valence electrons. The van der Waals surface area contributed by atoms with Crippen molar-refractivity contribution in [3.05, 3.63) is 12.2 Å². The third-order valence-electron chi connectivity index (χ3n) is 3.44. The third kappa shape index (κ3) is 2.59. The number of hydrogen-bond acceptors (Lipinski definition) is 3.